The zero-order valence-electron chi connectivity index (χ0n) is 12.9. The van der Waals surface area contributed by atoms with E-state index in [4.69, 9.17) is 4.74 Å². The molecule has 0 aliphatic heterocycles. The summed E-state index contributed by atoms with van der Waals surface area (Å²) < 4.78 is 4.96. The Morgan fingerprint density at radius 1 is 1.42 bits per heavy atom. The average Bonchev–Trinajstić information content (AvgIpc) is 2.38. The van der Waals surface area contributed by atoms with Crippen molar-refractivity contribution in [1.29, 1.82) is 0 Å². The Bertz CT molecular complexity index is 288. The Kier molecular flexibility index (Phi) is 6.31. The van der Waals surface area contributed by atoms with E-state index >= 15 is 0 Å². The number of hydrogen-bond acceptors (Lipinski definition) is 3. The lowest BCUT2D eigenvalue weighted by molar-refractivity contribution is -0.169. The fraction of sp³-hybridized carbons (Fsp3) is 0.938. The van der Waals surface area contributed by atoms with Crippen LogP contribution in [0.4, 0.5) is 0 Å². The Balaban J connectivity index is 2.96. The smallest absolute Gasteiger partial charge is 0.311 e. The van der Waals surface area contributed by atoms with Crippen molar-refractivity contribution in [1.82, 2.24) is 0 Å². The van der Waals surface area contributed by atoms with Gasteiger partial charge in [0, 0.05) is 0 Å². The Hall–Kier alpha value is -0.570. The van der Waals surface area contributed by atoms with E-state index in [1.807, 2.05) is 0 Å². The minimum Gasteiger partial charge on any atom is -0.469 e. The second-order valence-corrected chi connectivity index (χ2v) is 6.31. The summed E-state index contributed by atoms with van der Waals surface area (Å²) in [6.45, 7) is 6.41. The fourth-order valence-electron chi connectivity index (χ4n) is 3.67. The maximum atomic E-state index is 12.1. The summed E-state index contributed by atoms with van der Waals surface area (Å²) in [7, 11) is 1.43. The third-order valence-corrected chi connectivity index (χ3v) is 4.72. The average molecular weight is 270 g/mol. The van der Waals surface area contributed by atoms with Crippen molar-refractivity contribution in [3.8, 4) is 0 Å². The first kappa shape index (κ1) is 16.5. The molecule has 0 bridgehead atoms. The van der Waals surface area contributed by atoms with Gasteiger partial charge in [-0.2, -0.15) is 0 Å². The van der Waals surface area contributed by atoms with Gasteiger partial charge in [0.2, 0.25) is 0 Å². The van der Waals surface area contributed by atoms with Gasteiger partial charge in [-0.3, -0.25) is 4.79 Å². The third kappa shape index (κ3) is 3.71. The van der Waals surface area contributed by atoms with Gasteiger partial charge in [0.25, 0.3) is 0 Å². The lowest BCUT2D eigenvalue weighted by Crippen LogP contribution is -2.52. The summed E-state index contributed by atoms with van der Waals surface area (Å²) in [6.07, 6.45) is 6.67. The van der Waals surface area contributed by atoms with Gasteiger partial charge in [-0.05, 0) is 31.1 Å². The van der Waals surface area contributed by atoms with Gasteiger partial charge in [0.15, 0.2) is 0 Å². The Morgan fingerprint density at radius 2 is 2.11 bits per heavy atom. The van der Waals surface area contributed by atoms with Gasteiger partial charge >= 0.3 is 5.97 Å². The molecule has 0 aromatic heterocycles. The molecular weight excluding hydrogens is 240 g/mol. The van der Waals surface area contributed by atoms with E-state index in [9.17, 15) is 9.90 Å². The molecule has 1 aliphatic carbocycles. The zero-order valence-corrected chi connectivity index (χ0v) is 12.9. The van der Waals surface area contributed by atoms with Gasteiger partial charge in [0.1, 0.15) is 0 Å². The van der Waals surface area contributed by atoms with Crippen molar-refractivity contribution in [2.75, 3.05) is 7.11 Å². The monoisotopic (exact) mass is 270 g/mol. The molecule has 1 aliphatic rings. The highest BCUT2D eigenvalue weighted by molar-refractivity contribution is 5.73. The van der Waals surface area contributed by atoms with E-state index in [2.05, 4.69) is 20.8 Å². The van der Waals surface area contributed by atoms with Crippen molar-refractivity contribution >= 4 is 5.97 Å². The molecule has 112 valence electrons. The quantitative estimate of drug-likeness (QED) is 0.751. The van der Waals surface area contributed by atoms with E-state index in [0.717, 1.165) is 44.9 Å². The van der Waals surface area contributed by atoms with Gasteiger partial charge in [-0.15, -0.1) is 0 Å². The number of rotatable bonds is 6. The molecule has 1 rings (SSSR count). The number of unbranched alkanes of at least 4 members (excludes halogenated alkanes) is 1. The van der Waals surface area contributed by atoms with Crippen molar-refractivity contribution in [2.45, 2.75) is 71.3 Å². The highest BCUT2D eigenvalue weighted by Crippen LogP contribution is 2.44. The third-order valence-electron chi connectivity index (χ3n) is 4.72. The molecule has 0 spiro atoms. The molecule has 0 radical (unpaired) electrons. The minimum atomic E-state index is -0.866. The van der Waals surface area contributed by atoms with Crippen LogP contribution >= 0.6 is 0 Å². The maximum absolute atomic E-state index is 12.1. The Morgan fingerprint density at radius 3 is 2.63 bits per heavy atom. The molecule has 1 N–H and O–H groups in total. The van der Waals surface area contributed by atoms with Crippen molar-refractivity contribution < 1.29 is 14.6 Å². The first-order valence-electron chi connectivity index (χ1n) is 7.77. The normalized spacial score (nSPS) is 29.3. The van der Waals surface area contributed by atoms with Crippen LogP contribution < -0.4 is 0 Å². The number of hydrogen-bond donors (Lipinski definition) is 1. The molecule has 3 atom stereocenters. The number of carbonyl (C=O) groups excluding carboxylic acids is 1. The lowest BCUT2D eigenvalue weighted by Gasteiger charge is -2.46. The highest BCUT2D eigenvalue weighted by Gasteiger charge is 2.49. The summed E-state index contributed by atoms with van der Waals surface area (Å²) in [6, 6.07) is 0. The van der Waals surface area contributed by atoms with E-state index in [1.54, 1.807) is 0 Å². The first-order chi connectivity index (χ1) is 8.97. The fourth-order valence-corrected chi connectivity index (χ4v) is 3.67. The van der Waals surface area contributed by atoms with E-state index in [-0.39, 0.29) is 17.8 Å². The Labute approximate surface area is 117 Å². The maximum Gasteiger partial charge on any atom is 0.311 e. The molecule has 0 aromatic rings. The van der Waals surface area contributed by atoms with Crippen LogP contribution in [0.5, 0.6) is 0 Å². The molecule has 0 saturated heterocycles. The molecule has 3 heteroatoms. The highest BCUT2D eigenvalue weighted by atomic mass is 16.5. The number of aliphatic hydroxyl groups is 1. The molecule has 3 unspecified atom stereocenters. The van der Waals surface area contributed by atoms with Crippen LogP contribution in [-0.4, -0.2) is 23.8 Å². The molecule has 3 nitrogen and oxygen atoms in total. The van der Waals surface area contributed by atoms with Crippen LogP contribution in [0.3, 0.4) is 0 Å². The molecule has 0 amide bonds. The summed E-state index contributed by atoms with van der Waals surface area (Å²) in [5.74, 6) is 0.0231. The summed E-state index contributed by atoms with van der Waals surface area (Å²) in [5, 5.41) is 11.2. The lowest BCUT2D eigenvalue weighted by atomic mass is 9.63. The predicted octanol–water partition coefficient (Wildman–Crippen LogP) is 3.54. The van der Waals surface area contributed by atoms with Gasteiger partial charge in [-0.1, -0.05) is 46.5 Å². The number of methoxy groups -OCH3 is 1. The SMILES string of the molecule is CCCCC(C(=O)OC)C1(O)CCCCC1C(C)C. The standard InChI is InChI=1S/C16H30O3/c1-5-6-9-14(15(17)19-4)16(18)11-8-7-10-13(16)12(2)3/h12-14,18H,5-11H2,1-4H3. The van der Waals surface area contributed by atoms with Crippen LogP contribution in [-0.2, 0) is 9.53 Å². The number of esters is 1. The van der Waals surface area contributed by atoms with Crippen molar-refractivity contribution in [3.05, 3.63) is 0 Å². The van der Waals surface area contributed by atoms with Gasteiger partial charge in [-0.25, -0.2) is 0 Å². The molecule has 0 heterocycles. The van der Waals surface area contributed by atoms with Crippen LogP contribution in [0.25, 0.3) is 0 Å². The van der Waals surface area contributed by atoms with E-state index < -0.39 is 5.60 Å². The largest absolute Gasteiger partial charge is 0.469 e. The summed E-state index contributed by atoms with van der Waals surface area (Å²) in [4.78, 5) is 12.1. The minimum absolute atomic E-state index is 0.210. The topological polar surface area (TPSA) is 46.5 Å². The van der Waals surface area contributed by atoms with Gasteiger partial charge < -0.3 is 9.84 Å². The number of ether oxygens (including phenoxy) is 1. The number of carbonyl (C=O) groups is 1. The van der Waals surface area contributed by atoms with Crippen molar-refractivity contribution in [2.24, 2.45) is 17.8 Å². The molecule has 0 aromatic carbocycles. The van der Waals surface area contributed by atoms with Crippen LogP contribution in [0.2, 0.25) is 0 Å². The van der Waals surface area contributed by atoms with Crippen LogP contribution in [0, 0.1) is 17.8 Å². The predicted molar refractivity (Wildman–Crippen MR) is 76.8 cm³/mol. The summed E-state index contributed by atoms with van der Waals surface area (Å²) in [5.41, 5.74) is -0.866. The van der Waals surface area contributed by atoms with Gasteiger partial charge in [0.05, 0.1) is 18.6 Å². The van der Waals surface area contributed by atoms with Crippen LogP contribution in [0.15, 0.2) is 0 Å². The molecule has 1 fully saturated rings. The van der Waals surface area contributed by atoms with E-state index in [0.29, 0.717) is 5.92 Å². The zero-order chi connectivity index (χ0) is 14.5. The molecular formula is C16H30O3. The van der Waals surface area contributed by atoms with E-state index in [1.165, 1.54) is 7.11 Å². The van der Waals surface area contributed by atoms with Crippen molar-refractivity contribution in [3.63, 3.8) is 0 Å². The first-order valence-corrected chi connectivity index (χ1v) is 7.77. The second kappa shape index (κ2) is 7.28. The summed E-state index contributed by atoms with van der Waals surface area (Å²) >= 11 is 0. The van der Waals surface area contributed by atoms with Crippen LogP contribution in [0.1, 0.15) is 65.7 Å². The molecule has 1 saturated carbocycles. The molecule has 19 heavy (non-hydrogen) atoms. The second-order valence-electron chi connectivity index (χ2n) is 6.31.